The summed E-state index contributed by atoms with van der Waals surface area (Å²) in [4.78, 5) is 28.8. The minimum Gasteiger partial charge on any atom is -0.489 e. The van der Waals surface area contributed by atoms with E-state index in [1.807, 2.05) is 72.8 Å². The molecular weight excluding hydrogens is 585 g/mol. The summed E-state index contributed by atoms with van der Waals surface area (Å²) in [6, 6.07) is 25.2. The highest BCUT2D eigenvalue weighted by Gasteiger charge is 2.34. The van der Waals surface area contributed by atoms with Crippen LogP contribution in [0, 0.1) is 3.57 Å². The largest absolute Gasteiger partial charge is 0.489 e. The molecule has 0 unspecified atom stereocenters. The van der Waals surface area contributed by atoms with Crippen LogP contribution in [0.2, 0.25) is 0 Å². The van der Waals surface area contributed by atoms with E-state index in [4.69, 9.17) is 4.74 Å². The molecule has 3 N–H and O–H groups in total. The highest BCUT2D eigenvalue weighted by Crippen LogP contribution is 2.18. The van der Waals surface area contributed by atoms with Gasteiger partial charge in [0.2, 0.25) is 0 Å². The Balaban J connectivity index is 1.24. The monoisotopic (exact) mass is 615 g/mol. The lowest BCUT2D eigenvalue weighted by molar-refractivity contribution is -0.153. The number of para-hydroxylation sites is 1. The predicted molar refractivity (Wildman–Crippen MR) is 149 cm³/mol. The van der Waals surface area contributed by atoms with Gasteiger partial charge in [0.05, 0.1) is 0 Å². The van der Waals surface area contributed by atoms with Crippen LogP contribution in [0.3, 0.4) is 0 Å². The number of amides is 2. The number of nitrogens with one attached hydrogen (secondary N) is 1. The van der Waals surface area contributed by atoms with Crippen molar-refractivity contribution in [2.45, 2.75) is 25.4 Å². The van der Waals surface area contributed by atoms with E-state index in [9.17, 15) is 19.8 Å². The van der Waals surface area contributed by atoms with Gasteiger partial charge in [-0.05, 0) is 70.1 Å². The molecule has 4 rings (SSSR count). The van der Waals surface area contributed by atoms with Gasteiger partial charge in [-0.25, -0.2) is 0 Å². The van der Waals surface area contributed by atoms with Gasteiger partial charge in [0.15, 0.2) is 12.2 Å². The van der Waals surface area contributed by atoms with Crippen LogP contribution in [-0.2, 0) is 22.7 Å². The van der Waals surface area contributed by atoms with Crippen LogP contribution in [0.25, 0.3) is 0 Å². The summed E-state index contributed by atoms with van der Waals surface area (Å²) in [5, 5.41) is 23.3. The minimum absolute atomic E-state index is 0.118. The summed E-state index contributed by atoms with van der Waals surface area (Å²) in [5.41, 5.74) is 2.88. The van der Waals surface area contributed by atoms with Crippen molar-refractivity contribution < 1.29 is 24.5 Å². The summed E-state index contributed by atoms with van der Waals surface area (Å²) >= 11 is 2.25. The van der Waals surface area contributed by atoms with E-state index >= 15 is 0 Å². The quantitative estimate of drug-likeness (QED) is 0.320. The normalized spacial score (nSPS) is 15.1. The van der Waals surface area contributed by atoms with Crippen LogP contribution in [-0.4, -0.2) is 65.3 Å². The smallest absolute Gasteiger partial charge is 0.254 e. The van der Waals surface area contributed by atoms with Crippen LogP contribution in [0.4, 0.5) is 5.69 Å². The van der Waals surface area contributed by atoms with E-state index in [0.29, 0.717) is 38.5 Å². The van der Waals surface area contributed by atoms with Gasteiger partial charge in [0, 0.05) is 42.0 Å². The molecule has 1 heterocycles. The second-order valence-corrected chi connectivity index (χ2v) is 10.1. The first-order valence-corrected chi connectivity index (χ1v) is 13.2. The first-order valence-electron chi connectivity index (χ1n) is 12.1. The van der Waals surface area contributed by atoms with Crippen molar-refractivity contribution >= 4 is 40.1 Å². The van der Waals surface area contributed by atoms with Crippen LogP contribution in [0.5, 0.6) is 5.75 Å². The Kier molecular flexibility index (Phi) is 9.37. The lowest BCUT2D eigenvalue weighted by atomic mass is 10.1. The highest BCUT2D eigenvalue weighted by atomic mass is 127. The maximum Gasteiger partial charge on any atom is 0.254 e. The average Bonchev–Trinajstić information content (AvgIpc) is 2.94. The highest BCUT2D eigenvalue weighted by molar-refractivity contribution is 14.1. The molecule has 0 aliphatic carbocycles. The lowest BCUT2D eigenvalue weighted by Gasteiger charge is -2.37. The minimum atomic E-state index is -1.86. The molecule has 0 bridgehead atoms. The third-order valence-corrected chi connectivity index (χ3v) is 6.86. The Labute approximate surface area is 230 Å². The van der Waals surface area contributed by atoms with Gasteiger partial charge in [-0.1, -0.05) is 42.5 Å². The molecule has 0 spiro atoms. The third-order valence-electron chi connectivity index (χ3n) is 6.19. The lowest BCUT2D eigenvalue weighted by Crippen LogP contribution is -2.55. The molecule has 0 radical (unpaired) electrons. The van der Waals surface area contributed by atoms with Gasteiger partial charge < -0.3 is 30.1 Å². The number of aliphatic hydroxyl groups excluding tert-OH is 2. The molecule has 37 heavy (non-hydrogen) atoms. The number of ether oxygens (including phenoxy) is 1. The molecule has 1 saturated heterocycles. The van der Waals surface area contributed by atoms with E-state index in [2.05, 4.69) is 32.8 Å². The van der Waals surface area contributed by atoms with E-state index < -0.39 is 24.0 Å². The van der Waals surface area contributed by atoms with E-state index in [1.54, 1.807) is 6.07 Å². The second-order valence-electron chi connectivity index (χ2n) is 8.82. The number of hydrogen-bond donors (Lipinski definition) is 3. The second kappa shape index (κ2) is 12.9. The van der Waals surface area contributed by atoms with Crippen LogP contribution < -0.4 is 15.0 Å². The molecule has 2 atom stereocenters. The summed E-state index contributed by atoms with van der Waals surface area (Å²) < 4.78 is 6.98. The molecule has 194 valence electrons. The fraction of sp³-hybridized carbons (Fsp3) is 0.286. The van der Waals surface area contributed by atoms with E-state index in [1.165, 1.54) is 4.90 Å². The number of carbonyl (C=O) groups excluding carboxylic acids is 2. The molecule has 9 heteroatoms. The van der Waals surface area contributed by atoms with Gasteiger partial charge >= 0.3 is 0 Å². The van der Waals surface area contributed by atoms with Gasteiger partial charge in [-0.15, -0.1) is 0 Å². The number of hydrogen-bond acceptors (Lipinski definition) is 6. The van der Waals surface area contributed by atoms with E-state index in [0.717, 1.165) is 20.4 Å². The van der Waals surface area contributed by atoms with Crippen molar-refractivity contribution in [2.24, 2.45) is 0 Å². The molecule has 3 aromatic carbocycles. The molecule has 3 aromatic rings. The average molecular weight is 615 g/mol. The third kappa shape index (κ3) is 7.43. The molecule has 0 aromatic heterocycles. The molecule has 8 nitrogen and oxygen atoms in total. The number of nitrogens with zero attached hydrogens (tertiary/aromatic N) is 2. The van der Waals surface area contributed by atoms with Crippen molar-refractivity contribution in [1.29, 1.82) is 0 Å². The zero-order valence-electron chi connectivity index (χ0n) is 20.3. The van der Waals surface area contributed by atoms with Crippen molar-refractivity contribution in [1.82, 2.24) is 10.2 Å². The maximum atomic E-state index is 12.7. The fourth-order valence-corrected chi connectivity index (χ4v) is 4.73. The maximum absolute atomic E-state index is 12.7. The van der Waals surface area contributed by atoms with Crippen molar-refractivity contribution in [3.8, 4) is 5.75 Å². The number of rotatable bonds is 9. The molecule has 1 aliphatic rings. The molecule has 1 fully saturated rings. The Morgan fingerprint density at radius 1 is 0.865 bits per heavy atom. The topological polar surface area (TPSA) is 102 Å². The summed E-state index contributed by atoms with van der Waals surface area (Å²) in [6.45, 7) is 2.54. The number of halogens is 1. The zero-order chi connectivity index (χ0) is 26.2. The van der Waals surface area contributed by atoms with Crippen LogP contribution >= 0.6 is 22.6 Å². The molecular formula is C28H30IN3O5. The number of anilines is 1. The van der Waals surface area contributed by atoms with Crippen molar-refractivity contribution in [2.75, 3.05) is 31.1 Å². The Hall–Kier alpha value is -3.15. The number of carbonyl (C=O) groups is 2. The summed E-state index contributed by atoms with van der Waals surface area (Å²) in [5.74, 6) is -0.814. The summed E-state index contributed by atoms with van der Waals surface area (Å²) in [7, 11) is 0. The van der Waals surface area contributed by atoms with Gasteiger partial charge in [0.25, 0.3) is 11.8 Å². The standard InChI is InChI=1S/C28H30IN3O5/c29-22-8-4-7-21(16-22)19-37-24-11-5-6-20(17-24)18-30-27(35)25(33)26(34)28(36)32-14-12-31(13-15-32)23-9-2-1-3-10-23/h1-11,16-17,25-26,33-34H,12-15,18-19H2,(H,30,35)/t25-,26-/m1/s1. The van der Waals surface area contributed by atoms with Gasteiger partial charge in [0.1, 0.15) is 12.4 Å². The Morgan fingerprint density at radius 2 is 1.57 bits per heavy atom. The summed E-state index contributed by atoms with van der Waals surface area (Å²) in [6.07, 6.45) is -3.69. The number of piperazine rings is 1. The fourth-order valence-electron chi connectivity index (χ4n) is 4.12. The predicted octanol–water partition coefficient (Wildman–Crippen LogP) is 2.56. The Bertz CT molecular complexity index is 1200. The zero-order valence-corrected chi connectivity index (χ0v) is 22.5. The van der Waals surface area contributed by atoms with Gasteiger partial charge in [-0.3, -0.25) is 9.59 Å². The first-order chi connectivity index (χ1) is 17.9. The van der Waals surface area contributed by atoms with Gasteiger partial charge in [-0.2, -0.15) is 0 Å². The van der Waals surface area contributed by atoms with Crippen molar-refractivity contribution in [3.05, 3.63) is 93.6 Å². The van der Waals surface area contributed by atoms with Crippen LogP contribution in [0.15, 0.2) is 78.9 Å². The molecule has 1 aliphatic heterocycles. The molecule has 0 saturated carbocycles. The number of aliphatic hydroxyl groups is 2. The Morgan fingerprint density at radius 3 is 2.30 bits per heavy atom. The number of benzene rings is 3. The SMILES string of the molecule is O=C(NCc1cccc(OCc2cccc(I)c2)c1)[C@H](O)[C@@H](O)C(=O)N1CCN(c2ccccc2)CC1. The van der Waals surface area contributed by atoms with E-state index in [-0.39, 0.29) is 6.54 Å². The molecule has 2 amide bonds. The van der Waals surface area contributed by atoms with Crippen molar-refractivity contribution in [3.63, 3.8) is 0 Å². The first kappa shape index (κ1) is 26.9. The van der Waals surface area contributed by atoms with Crippen LogP contribution in [0.1, 0.15) is 11.1 Å².